The number of hydrogen-bond donors (Lipinski definition) is 4. The largest absolute Gasteiger partial charge is 0.387 e. The molecule has 0 aliphatic rings. The van der Waals surface area contributed by atoms with Gasteiger partial charge in [-0.1, -0.05) is 81.4 Å². The molecule has 0 rings (SSSR count). The van der Waals surface area contributed by atoms with E-state index >= 15 is 0 Å². The molecule has 10 nitrogen and oxygen atoms in total. The van der Waals surface area contributed by atoms with Gasteiger partial charge >= 0.3 is 0 Å². The molecule has 8 atom stereocenters. The van der Waals surface area contributed by atoms with Gasteiger partial charge in [0.05, 0.1) is 12.1 Å². The van der Waals surface area contributed by atoms with Gasteiger partial charge < -0.3 is 35.8 Å². The van der Waals surface area contributed by atoms with Gasteiger partial charge in [-0.3, -0.25) is 14.4 Å². The summed E-state index contributed by atoms with van der Waals surface area (Å²) in [5.74, 6) is -1.60. The van der Waals surface area contributed by atoms with Crippen LogP contribution in [0.4, 0.5) is 0 Å². The van der Waals surface area contributed by atoms with Crippen LogP contribution in [0.1, 0.15) is 102 Å². The van der Waals surface area contributed by atoms with Crippen molar-refractivity contribution < 1.29 is 29.7 Å². The van der Waals surface area contributed by atoms with Crippen LogP contribution >= 0.6 is 0 Å². The molecule has 3 amide bonds. The van der Waals surface area contributed by atoms with Gasteiger partial charge in [-0.2, -0.15) is 0 Å². The maximum absolute atomic E-state index is 14.4. The number of aliphatic hydroxyl groups excluding tert-OH is 3. The van der Waals surface area contributed by atoms with Crippen LogP contribution < -0.4 is 5.73 Å². The minimum absolute atomic E-state index is 0.0563. The van der Waals surface area contributed by atoms with Crippen molar-refractivity contribution in [2.24, 2.45) is 41.2 Å². The normalized spacial score (nSPS) is 18.1. The molecule has 0 aliphatic carbocycles. The monoisotopic (exact) mass is 667 g/mol. The average molecular weight is 667 g/mol. The maximum Gasteiger partial charge on any atom is 0.252 e. The Labute approximate surface area is 286 Å². The van der Waals surface area contributed by atoms with Gasteiger partial charge in [0.15, 0.2) is 0 Å². The molecule has 0 aromatic rings. The Hall–Kier alpha value is -2.27. The van der Waals surface area contributed by atoms with Crippen LogP contribution in [0.5, 0.6) is 0 Å². The predicted molar refractivity (Wildman–Crippen MR) is 191 cm³/mol. The highest BCUT2D eigenvalue weighted by molar-refractivity contribution is 5.92. The standard InChI is InChI=1S/C37H70N4O6/c1-16-17-18-25(10)26(11)30(34(38)44)27(12)33(43)31(23(6)7)41(15)36(46)29(20-22(4)5)39(13)35(45)28(19-21(2)3)40(14)37(47)32(42)24(8)9/h16-17,21-26,28-29,31-34,42-44H,18-20,38H2,1-15H3/b17-16+,30-27+/t25-,26-,28+,29+,31+,32-,33?,34?/m1/s1. The molecule has 0 aromatic heterocycles. The number of nitrogens with zero attached hydrogens (tertiary/aromatic N) is 3. The number of carbonyl (C=O) groups is 3. The molecular formula is C37H70N4O6. The minimum Gasteiger partial charge on any atom is -0.387 e. The highest BCUT2D eigenvalue weighted by atomic mass is 16.3. The fourth-order valence-corrected chi connectivity index (χ4v) is 6.33. The van der Waals surface area contributed by atoms with E-state index < -0.39 is 42.5 Å². The molecule has 5 N–H and O–H groups in total. The molecule has 2 unspecified atom stereocenters. The van der Waals surface area contributed by atoms with Crippen LogP contribution in [0.15, 0.2) is 23.3 Å². The summed E-state index contributed by atoms with van der Waals surface area (Å²) in [7, 11) is 4.77. The van der Waals surface area contributed by atoms with E-state index in [1.54, 1.807) is 34.9 Å². The van der Waals surface area contributed by atoms with Gasteiger partial charge in [-0.05, 0) is 79.8 Å². The summed E-state index contributed by atoms with van der Waals surface area (Å²) in [6.45, 7) is 23.0. The first-order valence-corrected chi connectivity index (χ1v) is 17.5. The summed E-state index contributed by atoms with van der Waals surface area (Å²) < 4.78 is 0. The zero-order valence-corrected chi connectivity index (χ0v) is 32.2. The van der Waals surface area contributed by atoms with Crippen LogP contribution in [0.25, 0.3) is 0 Å². The summed E-state index contributed by atoms with van der Waals surface area (Å²) in [6, 6.07) is -2.41. The van der Waals surface area contributed by atoms with E-state index in [-0.39, 0.29) is 47.3 Å². The van der Waals surface area contributed by atoms with Crippen LogP contribution in [0, 0.1) is 35.5 Å². The summed E-state index contributed by atoms with van der Waals surface area (Å²) in [5.41, 5.74) is 7.16. The average Bonchev–Trinajstić information content (AvgIpc) is 2.98. The van der Waals surface area contributed by atoms with Gasteiger partial charge in [0.1, 0.15) is 24.4 Å². The summed E-state index contributed by atoms with van der Waals surface area (Å²) >= 11 is 0. The number of aliphatic hydroxyl groups is 3. The lowest BCUT2D eigenvalue weighted by Gasteiger charge is -2.41. The third-order valence-corrected chi connectivity index (χ3v) is 9.58. The third-order valence-electron chi connectivity index (χ3n) is 9.58. The first-order valence-electron chi connectivity index (χ1n) is 17.5. The number of amides is 3. The smallest absolute Gasteiger partial charge is 0.252 e. The maximum atomic E-state index is 14.4. The van der Waals surface area contributed by atoms with Crippen molar-refractivity contribution in [2.75, 3.05) is 21.1 Å². The second kappa shape index (κ2) is 20.3. The van der Waals surface area contributed by atoms with Crippen molar-refractivity contribution in [2.45, 2.75) is 139 Å². The Morgan fingerprint density at radius 2 is 1.11 bits per heavy atom. The van der Waals surface area contributed by atoms with Crippen molar-refractivity contribution in [3.63, 3.8) is 0 Å². The second-order valence-corrected chi connectivity index (χ2v) is 15.2. The Kier molecular flexibility index (Phi) is 19.3. The van der Waals surface area contributed by atoms with Gasteiger partial charge in [-0.25, -0.2) is 0 Å². The Balaban J connectivity index is 6.77. The summed E-state index contributed by atoms with van der Waals surface area (Å²) in [4.78, 5) is 46.0. The Morgan fingerprint density at radius 3 is 1.47 bits per heavy atom. The molecule has 0 spiro atoms. The lowest BCUT2D eigenvalue weighted by molar-refractivity contribution is -0.155. The summed E-state index contributed by atoms with van der Waals surface area (Å²) in [5, 5.41) is 33.0. The highest BCUT2D eigenvalue weighted by Crippen LogP contribution is 2.31. The highest BCUT2D eigenvalue weighted by Gasteiger charge is 2.41. The van der Waals surface area contributed by atoms with Crippen molar-refractivity contribution >= 4 is 17.7 Å². The molecule has 0 fully saturated rings. The molecule has 0 heterocycles. The minimum atomic E-state index is -1.27. The SMILES string of the molecule is C/C=C/C[C@@H](C)[C@@H](C)/C(=C(/C)C(O)[C@H](C(C)C)N(C)C(=O)[C@H](CC(C)C)N(C)C(=O)[C@H](CC(C)C)N(C)C(=O)[C@H](O)C(C)C)C(N)O. The first kappa shape index (κ1) is 44.7. The van der Waals surface area contributed by atoms with Gasteiger partial charge in [-0.15, -0.1) is 0 Å². The molecule has 0 aromatic carbocycles. The molecule has 0 aliphatic heterocycles. The van der Waals surface area contributed by atoms with Crippen molar-refractivity contribution in [3.8, 4) is 0 Å². The molecule has 0 saturated heterocycles. The fraction of sp³-hybridized carbons (Fsp3) is 0.811. The van der Waals surface area contributed by atoms with Gasteiger partial charge in [0.25, 0.3) is 5.91 Å². The molecule has 47 heavy (non-hydrogen) atoms. The van der Waals surface area contributed by atoms with Crippen molar-refractivity contribution in [1.82, 2.24) is 14.7 Å². The topological polar surface area (TPSA) is 148 Å². The van der Waals surface area contributed by atoms with E-state index in [4.69, 9.17) is 5.73 Å². The number of allylic oxidation sites excluding steroid dienone is 2. The Bertz CT molecular complexity index is 1050. The first-order chi connectivity index (χ1) is 21.5. The van der Waals surface area contributed by atoms with Crippen LogP contribution in [-0.4, -0.2) is 105 Å². The quantitative estimate of drug-likeness (QED) is 0.118. The lowest BCUT2D eigenvalue weighted by Crippen LogP contribution is -2.59. The van der Waals surface area contributed by atoms with E-state index in [1.165, 1.54) is 21.7 Å². The molecule has 0 bridgehead atoms. The zero-order valence-electron chi connectivity index (χ0n) is 32.2. The number of hydrogen-bond acceptors (Lipinski definition) is 7. The van der Waals surface area contributed by atoms with Crippen LogP contribution in [0.2, 0.25) is 0 Å². The van der Waals surface area contributed by atoms with Gasteiger partial charge in [0, 0.05) is 21.1 Å². The van der Waals surface area contributed by atoms with E-state index in [0.717, 1.165) is 6.42 Å². The fourth-order valence-electron chi connectivity index (χ4n) is 6.33. The van der Waals surface area contributed by atoms with E-state index in [9.17, 15) is 29.7 Å². The van der Waals surface area contributed by atoms with Gasteiger partial charge in [0.2, 0.25) is 11.8 Å². The summed E-state index contributed by atoms with van der Waals surface area (Å²) in [6.07, 6.45) is 1.92. The predicted octanol–water partition coefficient (Wildman–Crippen LogP) is 4.43. The third kappa shape index (κ3) is 12.6. The molecule has 0 saturated carbocycles. The van der Waals surface area contributed by atoms with Crippen molar-refractivity contribution in [1.29, 1.82) is 0 Å². The van der Waals surface area contributed by atoms with E-state index in [1.807, 2.05) is 61.5 Å². The number of rotatable bonds is 19. The van der Waals surface area contributed by atoms with Crippen molar-refractivity contribution in [3.05, 3.63) is 23.3 Å². The van der Waals surface area contributed by atoms with Crippen LogP contribution in [0.3, 0.4) is 0 Å². The van der Waals surface area contributed by atoms with Crippen LogP contribution in [-0.2, 0) is 14.4 Å². The molecule has 274 valence electrons. The Morgan fingerprint density at radius 1 is 0.681 bits per heavy atom. The second-order valence-electron chi connectivity index (χ2n) is 15.2. The van der Waals surface area contributed by atoms with E-state index in [2.05, 4.69) is 13.0 Å². The number of carbonyl (C=O) groups excluding carboxylic acids is 3. The molecular weight excluding hydrogens is 596 g/mol. The molecule has 10 heteroatoms. The zero-order chi connectivity index (χ0) is 37.1. The number of nitrogens with two attached hydrogens (primary N) is 1. The number of likely N-dealkylation sites (N-methyl/N-ethyl adjacent to an activating group) is 3. The molecule has 0 radical (unpaired) electrons. The van der Waals surface area contributed by atoms with E-state index in [0.29, 0.717) is 24.0 Å². The lowest BCUT2D eigenvalue weighted by atomic mass is 9.80.